The molecule has 0 heterocycles. The molecule has 0 amide bonds. The number of benzene rings is 1. The molecule has 0 fully saturated rings. The number of hydrogen-bond acceptors (Lipinski definition) is 1. The van der Waals surface area contributed by atoms with Crippen LogP contribution in [-0.2, 0) is 4.57 Å². The molecule has 2 nitrogen and oxygen atoms in total. The van der Waals surface area contributed by atoms with Gasteiger partial charge in [0, 0.05) is 0 Å². The number of rotatable bonds is 0. The molecule has 1 rings (SSSR count). The van der Waals surface area contributed by atoms with Crippen LogP contribution in [0.2, 0.25) is 0 Å². The van der Waals surface area contributed by atoms with Crippen LogP contribution in [0.1, 0.15) is 0 Å². The van der Waals surface area contributed by atoms with E-state index in [9.17, 15) is 0 Å². The van der Waals surface area contributed by atoms with Gasteiger partial charge in [0.05, 0.1) is 0 Å². The lowest BCUT2D eigenvalue weighted by atomic mass is 10.4. The minimum atomic E-state index is -0.833. The van der Waals surface area contributed by atoms with Crippen molar-refractivity contribution in [3.05, 3.63) is 36.4 Å². The van der Waals surface area contributed by atoms with E-state index in [1.165, 1.54) is 0 Å². The van der Waals surface area contributed by atoms with Crippen molar-refractivity contribution < 1.29 is 9.46 Å². The molecule has 1 aromatic carbocycles. The molecule has 0 aromatic heterocycles. The lowest BCUT2D eigenvalue weighted by Gasteiger charge is -1.69. The first-order valence-electron chi connectivity index (χ1n) is 2.38. The van der Waals surface area contributed by atoms with Crippen molar-refractivity contribution in [2.45, 2.75) is 0 Å². The van der Waals surface area contributed by atoms with Crippen LogP contribution >= 0.6 is 8.69 Å². The van der Waals surface area contributed by atoms with Crippen LogP contribution in [-0.4, -0.2) is 4.89 Å². The van der Waals surface area contributed by atoms with E-state index in [-0.39, 0.29) is 0 Å². The highest BCUT2D eigenvalue weighted by Crippen LogP contribution is 1.79. The zero-order valence-corrected chi connectivity index (χ0v) is 5.66. The smallest absolute Gasteiger partial charge is 0.310 e. The summed E-state index contributed by atoms with van der Waals surface area (Å²) in [6, 6.07) is 12.0. The molecule has 0 atom stereocenters. The summed E-state index contributed by atoms with van der Waals surface area (Å²) in [5, 5.41) is 0. The Kier molecular flexibility index (Phi) is 6.70. The first-order chi connectivity index (χ1) is 4.41. The van der Waals surface area contributed by atoms with Crippen LogP contribution < -0.4 is 0 Å². The van der Waals surface area contributed by atoms with Gasteiger partial charge in [-0.1, -0.05) is 36.4 Å². The van der Waals surface area contributed by atoms with E-state index in [4.69, 9.17) is 9.46 Å². The molecule has 0 unspecified atom stereocenters. The minimum Gasteiger partial charge on any atom is -0.310 e. The summed E-state index contributed by atoms with van der Waals surface area (Å²) in [6.07, 6.45) is 0. The molecule has 1 aromatic rings. The van der Waals surface area contributed by atoms with E-state index in [1.807, 2.05) is 36.4 Å². The van der Waals surface area contributed by atoms with Crippen LogP contribution in [0.4, 0.5) is 0 Å². The summed E-state index contributed by atoms with van der Waals surface area (Å²) in [7, 11) is -0.833. The third kappa shape index (κ3) is 7.28. The maximum atomic E-state index is 8.46. The lowest BCUT2D eigenvalue weighted by molar-refractivity contribution is 0.524. The van der Waals surface area contributed by atoms with Gasteiger partial charge < -0.3 is 4.89 Å². The second-order valence-corrected chi connectivity index (χ2v) is 1.40. The fourth-order valence-corrected chi connectivity index (χ4v) is 0.385. The van der Waals surface area contributed by atoms with Gasteiger partial charge in [0.25, 0.3) is 0 Å². The Hall–Kier alpha value is -0.720. The SMILES string of the molecule is O=PO.c1ccccc1. The minimum absolute atomic E-state index is 0.833. The van der Waals surface area contributed by atoms with E-state index >= 15 is 0 Å². The van der Waals surface area contributed by atoms with Crippen molar-refractivity contribution in [1.29, 1.82) is 0 Å². The summed E-state index contributed by atoms with van der Waals surface area (Å²) >= 11 is 0. The zero-order chi connectivity index (χ0) is 6.95. The standard InChI is InChI=1S/C6H6.HO2P/c1-2-4-6-5-3-1;1-3-2/h1-6H;(H,1,2). The molecule has 0 radical (unpaired) electrons. The maximum Gasteiger partial charge on any atom is 0.324 e. The predicted octanol–water partition coefficient (Wildman–Crippen LogP) is 1.87. The van der Waals surface area contributed by atoms with Gasteiger partial charge in [-0.05, 0) is 0 Å². The largest absolute Gasteiger partial charge is 0.324 e. The first-order valence-corrected chi connectivity index (χ1v) is 3.15. The van der Waals surface area contributed by atoms with Crippen LogP contribution in [0.15, 0.2) is 36.4 Å². The van der Waals surface area contributed by atoms with Crippen molar-refractivity contribution in [3.8, 4) is 0 Å². The average Bonchev–Trinajstić information content (AvgIpc) is 1.93. The second-order valence-electron chi connectivity index (χ2n) is 1.24. The van der Waals surface area contributed by atoms with E-state index in [0.717, 1.165) is 0 Å². The molecule has 9 heavy (non-hydrogen) atoms. The maximum absolute atomic E-state index is 8.46. The molecular weight excluding hydrogens is 135 g/mol. The molecule has 0 bridgehead atoms. The predicted molar refractivity (Wildman–Crippen MR) is 36.3 cm³/mol. The zero-order valence-electron chi connectivity index (χ0n) is 4.77. The van der Waals surface area contributed by atoms with Crippen molar-refractivity contribution >= 4 is 8.69 Å². The van der Waals surface area contributed by atoms with Crippen molar-refractivity contribution in [3.63, 3.8) is 0 Å². The molecule has 0 spiro atoms. The Morgan fingerprint density at radius 1 is 0.889 bits per heavy atom. The Morgan fingerprint density at radius 3 is 1.11 bits per heavy atom. The molecule has 0 aliphatic rings. The highest BCUT2D eigenvalue weighted by molar-refractivity contribution is 7.16. The van der Waals surface area contributed by atoms with Gasteiger partial charge >= 0.3 is 8.69 Å². The van der Waals surface area contributed by atoms with Crippen LogP contribution in [0, 0.1) is 0 Å². The second kappa shape index (κ2) is 7.28. The Balaban J connectivity index is 0.000000187. The normalized spacial score (nSPS) is 7.67. The van der Waals surface area contributed by atoms with Crippen molar-refractivity contribution in [1.82, 2.24) is 0 Å². The van der Waals surface area contributed by atoms with Crippen LogP contribution in [0.3, 0.4) is 0 Å². The van der Waals surface area contributed by atoms with Gasteiger partial charge in [0.15, 0.2) is 0 Å². The molecule has 0 aliphatic heterocycles. The Bertz CT molecular complexity index is 114. The quantitative estimate of drug-likeness (QED) is 0.561. The van der Waals surface area contributed by atoms with Gasteiger partial charge in [-0.25, -0.2) is 4.57 Å². The fourth-order valence-electron chi connectivity index (χ4n) is 0.385. The van der Waals surface area contributed by atoms with Gasteiger partial charge in [-0.3, -0.25) is 0 Å². The molecule has 1 N–H and O–H groups in total. The van der Waals surface area contributed by atoms with E-state index in [2.05, 4.69) is 0 Å². The molecule has 0 aliphatic carbocycles. The third-order valence-electron chi connectivity index (χ3n) is 0.667. The van der Waals surface area contributed by atoms with Crippen molar-refractivity contribution in [2.75, 3.05) is 0 Å². The molecular formula is C6H7O2P. The van der Waals surface area contributed by atoms with E-state index < -0.39 is 8.69 Å². The van der Waals surface area contributed by atoms with Crippen LogP contribution in [0.5, 0.6) is 0 Å². The monoisotopic (exact) mass is 142 g/mol. The molecule has 0 saturated heterocycles. The van der Waals surface area contributed by atoms with E-state index in [1.54, 1.807) is 0 Å². The Morgan fingerprint density at radius 2 is 1.00 bits per heavy atom. The molecule has 48 valence electrons. The summed E-state index contributed by atoms with van der Waals surface area (Å²) in [6.45, 7) is 0. The summed E-state index contributed by atoms with van der Waals surface area (Å²) in [5.74, 6) is 0. The molecule has 3 heteroatoms. The van der Waals surface area contributed by atoms with Crippen LogP contribution in [0.25, 0.3) is 0 Å². The van der Waals surface area contributed by atoms with Crippen molar-refractivity contribution in [2.24, 2.45) is 0 Å². The first kappa shape index (κ1) is 8.28. The lowest BCUT2D eigenvalue weighted by Crippen LogP contribution is -1.47. The third-order valence-corrected chi connectivity index (χ3v) is 0.667. The van der Waals surface area contributed by atoms with Gasteiger partial charge in [-0.15, -0.1) is 0 Å². The van der Waals surface area contributed by atoms with Gasteiger partial charge in [0.2, 0.25) is 0 Å². The summed E-state index contributed by atoms with van der Waals surface area (Å²) in [4.78, 5) is 6.99. The van der Waals surface area contributed by atoms with E-state index in [0.29, 0.717) is 0 Å². The van der Waals surface area contributed by atoms with Gasteiger partial charge in [0.1, 0.15) is 0 Å². The highest BCUT2D eigenvalue weighted by Gasteiger charge is 1.57. The highest BCUT2D eigenvalue weighted by atomic mass is 31.1. The number of hydrogen-bond donors (Lipinski definition) is 1. The molecule has 0 saturated carbocycles. The topological polar surface area (TPSA) is 37.3 Å². The summed E-state index contributed by atoms with van der Waals surface area (Å²) in [5.41, 5.74) is 0. The Labute approximate surface area is 55.4 Å². The van der Waals surface area contributed by atoms with Gasteiger partial charge in [-0.2, -0.15) is 0 Å². The average molecular weight is 142 g/mol. The summed E-state index contributed by atoms with van der Waals surface area (Å²) < 4.78 is 8.46. The fraction of sp³-hybridized carbons (Fsp3) is 0.